The number of halogens is 6. The fraction of sp³-hybridized carbons (Fsp3) is 0.0526. The summed E-state index contributed by atoms with van der Waals surface area (Å²) >= 11 is -6.76. The molecule has 0 saturated carbocycles. The van der Waals surface area contributed by atoms with Crippen LogP contribution in [0.5, 0.6) is 0 Å². The van der Waals surface area contributed by atoms with Gasteiger partial charge in [0, 0.05) is 0 Å². The average Bonchev–Trinajstić information content (AvgIpc) is 2.70. The molecule has 0 aliphatic carbocycles. The first-order valence-electron chi connectivity index (χ1n) is 8.09. The quantitative estimate of drug-likeness (QED) is 0.171. The van der Waals surface area contributed by atoms with Gasteiger partial charge in [0.1, 0.15) is 0 Å². The number of hydrogen-bond donors (Lipinski definition) is 2. The van der Waals surface area contributed by atoms with Crippen LogP contribution in [-0.2, 0) is 11.6 Å². The van der Waals surface area contributed by atoms with Gasteiger partial charge in [0.2, 0.25) is 0 Å². The van der Waals surface area contributed by atoms with Gasteiger partial charge < -0.3 is 0 Å². The second-order valence-corrected chi connectivity index (χ2v) is 9.38. The zero-order valence-electron chi connectivity index (χ0n) is 14.6. The van der Waals surface area contributed by atoms with E-state index in [0.29, 0.717) is 0 Å². The van der Waals surface area contributed by atoms with Gasteiger partial charge in [-0.2, -0.15) is 0 Å². The van der Waals surface area contributed by atoms with E-state index in [1.807, 2.05) is 0 Å². The van der Waals surface area contributed by atoms with E-state index in [9.17, 15) is 36.1 Å². The molecular weight excluding hydrogens is 528 g/mol. The molecule has 3 aromatic rings. The van der Waals surface area contributed by atoms with E-state index in [4.69, 9.17) is 3.02 Å². The van der Waals surface area contributed by atoms with E-state index >= 15 is 0 Å². The van der Waals surface area contributed by atoms with Crippen molar-refractivity contribution in [1.82, 2.24) is 0 Å². The van der Waals surface area contributed by atoms with Gasteiger partial charge in [-0.25, -0.2) is 0 Å². The third kappa shape index (κ3) is 3.76. The maximum atomic E-state index is 14.8. The zero-order valence-corrected chi connectivity index (χ0v) is 17.2. The Morgan fingerprint density at radius 1 is 0.700 bits per heavy atom. The molecule has 30 heavy (non-hydrogen) atoms. The minimum absolute atomic E-state index is 0.476. The predicted octanol–water partition coefficient (Wildman–Crippen LogP) is 3.68. The molecule has 0 amide bonds. The third-order valence-corrected chi connectivity index (χ3v) is 5.71. The predicted molar refractivity (Wildman–Crippen MR) is 90.9 cm³/mol. The van der Waals surface area contributed by atoms with Gasteiger partial charge in [0.15, 0.2) is 0 Å². The Balaban J connectivity index is 2.61. The average molecular weight is 539 g/mol. The Labute approximate surface area is 171 Å². The number of hydrogen-bond acceptors (Lipinski definition) is 2. The molecule has 4 nitrogen and oxygen atoms in total. The summed E-state index contributed by atoms with van der Waals surface area (Å²) in [6, 6.07) is 9.90. The van der Waals surface area contributed by atoms with Crippen molar-refractivity contribution in [3.63, 3.8) is 0 Å². The van der Waals surface area contributed by atoms with Crippen molar-refractivity contribution in [3.8, 4) is 0 Å². The van der Waals surface area contributed by atoms with E-state index in [1.165, 1.54) is 18.2 Å². The summed E-state index contributed by atoms with van der Waals surface area (Å²) in [5, 5.41) is 0. The Kier molecular flexibility index (Phi) is 6.06. The van der Waals surface area contributed by atoms with E-state index < -0.39 is 77.2 Å². The summed E-state index contributed by atoms with van der Waals surface area (Å²) in [6.45, 7) is 0. The summed E-state index contributed by atoms with van der Waals surface area (Å²) < 4.78 is 122. The standard InChI is InChI=1S/C19H9F6O.2H2O.O.Sb/c20-12-9-5-4-8-11(12)19(26,10-6-2-1-3-7-10)13-14(21)16(23)18(25)17(24)15(13)22;;;;/h1-9H;2*1H2;;/q-1;;;;+3/p-2. The van der Waals surface area contributed by atoms with E-state index in [0.717, 1.165) is 36.4 Å². The van der Waals surface area contributed by atoms with Crippen LogP contribution in [-0.4, -0.2) is 26.8 Å². The topological polar surface area (TPSA) is 66.8 Å². The monoisotopic (exact) mass is 538 g/mol. The van der Waals surface area contributed by atoms with Crippen LogP contribution in [0, 0.1) is 34.9 Å². The summed E-state index contributed by atoms with van der Waals surface area (Å²) in [5.74, 6) is -13.4. The molecule has 0 aliphatic rings. The van der Waals surface area contributed by atoms with Gasteiger partial charge >= 0.3 is 171 Å². The van der Waals surface area contributed by atoms with Crippen LogP contribution in [0.2, 0.25) is 0 Å². The van der Waals surface area contributed by atoms with Crippen LogP contribution in [0.3, 0.4) is 0 Å². The van der Waals surface area contributed by atoms with Crippen molar-refractivity contribution in [2.24, 2.45) is 0 Å². The molecule has 0 spiro atoms. The van der Waals surface area contributed by atoms with Crippen LogP contribution in [0.25, 0.3) is 0 Å². The second-order valence-electron chi connectivity index (χ2n) is 6.05. The van der Waals surface area contributed by atoms with Crippen molar-refractivity contribution in [2.75, 3.05) is 0 Å². The Morgan fingerprint density at radius 3 is 1.67 bits per heavy atom. The molecule has 0 saturated heterocycles. The Morgan fingerprint density at radius 2 is 1.17 bits per heavy atom. The van der Waals surface area contributed by atoms with Gasteiger partial charge in [0.25, 0.3) is 0 Å². The summed E-state index contributed by atoms with van der Waals surface area (Å²) in [4.78, 5) is 0. The van der Waals surface area contributed by atoms with Gasteiger partial charge in [-0.3, -0.25) is 0 Å². The van der Waals surface area contributed by atoms with Crippen molar-refractivity contribution < 1.29 is 39.1 Å². The van der Waals surface area contributed by atoms with E-state index in [-0.39, 0.29) is 0 Å². The molecule has 11 heteroatoms. The molecule has 1 unspecified atom stereocenters. The molecule has 0 heterocycles. The summed E-state index contributed by atoms with van der Waals surface area (Å²) in [5.41, 5.74) is -6.28. The summed E-state index contributed by atoms with van der Waals surface area (Å²) in [7, 11) is 0. The molecule has 0 aliphatic heterocycles. The fourth-order valence-corrected chi connectivity index (χ4v) is 4.95. The first kappa shape index (κ1) is 22.4. The molecule has 1 atom stereocenters. The molecule has 3 aromatic carbocycles. The maximum absolute atomic E-state index is 14.8. The molecule has 0 aromatic heterocycles. The Bertz CT molecular complexity index is 1120. The van der Waals surface area contributed by atoms with Crippen LogP contribution >= 0.6 is 0 Å². The van der Waals surface area contributed by atoms with Crippen LogP contribution in [0.4, 0.5) is 26.3 Å². The SMILES string of the molecule is [O]=[Sb]([OH])([OH])[O]C(c1ccccc1)(c1ccccc1F)c1c(F)c(F)c(F)c(F)c1F. The first-order chi connectivity index (χ1) is 14.0. The van der Waals surface area contributed by atoms with Gasteiger partial charge in [-0.15, -0.1) is 0 Å². The molecule has 0 bridgehead atoms. The third-order valence-electron chi connectivity index (χ3n) is 4.25. The van der Waals surface area contributed by atoms with Gasteiger partial charge in [-0.1, -0.05) is 0 Å². The first-order valence-corrected chi connectivity index (χ1v) is 12.5. The minimum atomic E-state index is -6.76. The molecule has 3 rings (SSSR count). The van der Waals surface area contributed by atoms with Crippen LogP contribution < -0.4 is 0 Å². The molecular formula is C19H11F6O4Sb. The van der Waals surface area contributed by atoms with E-state index in [1.54, 1.807) is 0 Å². The zero-order chi connectivity index (χ0) is 22.3. The van der Waals surface area contributed by atoms with Crippen molar-refractivity contribution >= 4 is 20.1 Å². The molecule has 158 valence electrons. The van der Waals surface area contributed by atoms with Gasteiger partial charge in [0.05, 0.1) is 0 Å². The van der Waals surface area contributed by atoms with Crippen molar-refractivity contribution in [2.45, 2.75) is 5.60 Å². The van der Waals surface area contributed by atoms with Crippen LogP contribution in [0.1, 0.15) is 16.7 Å². The second kappa shape index (κ2) is 8.11. The molecule has 0 fully saturated rings. The van der Waals surface area contributed by atoms with E-state index in [2.05, 4.69) is 0 Å². The van der Waals surface area contributed by atoms with Gasteiger partial charge in [-0.05, 0) is 0 Å². The summed E-state index contributed by atoms with van der Waals surface area (Å²) in [6.07, 6.45) is 0. The van der Waals surface area contributed by atoms with Crippen molar-refractivity contribution in [1.29, 1.82) is 0 Å². The fourth-order valence-electron chi connectivity index (χ4n) is 3.09. The Hall–Kier alpha value is -2.26. The molecule has 0 radical (unpaired) electrons. The number of rotatable bonds is 5. The molecule has 2 N–H and O–H groups in total. The number of benzene rings is 3. The normalized spacial score (nSPS) is 13.9. The van der Waals surface area contributed by atoms with Crippen molar-refractivity contribution in [3.05, 3.63) is 106 Å². The van der Waals surface area contributed by atoms with Crippen LogP contribution in [0.15, 0.2) is 54.6 Å².